The molecule has 1 aliphatic heterocycles. The van der Waals surface area contributed by atoms with Gasteiger partial charge in [-0.05, 0) is 62.4 Å². The molecule has 1 N–H and O–H groups in total. The van der Waals surface area contributed by atoms with Crippen LogP contribution < -0.4 is 5.32 Å². The molecule has 0 spiro atoms. The van der Waals surface area contributed by atoms with Crippen molar-refractivity contribution in [1.29, 1.82) is 0 Å². The van der Waals surface area contributed by atoms with Gasteiger partial charge in [-0.1, -0.05) is 19.4 Å². The molecule has 0 radical (unpaired) electrons. The molecular weight excluding hydrogens is 457 g/mol. The van der Waals surface area contributed by atoms with E-state index < -0.39 is 11.7 Å². The fourth-order valence-corrected chi connectivity index (χ4v) is 5.07. The Labute approximate surface area is 208 Å². The third kappa shape index (κ3) is 4.08. The summed E-state index contributed by atoms with van der Waals surface area (Å²) in [4.78, 5) is 22.2. The van der Waals surface area contributed by atoms with Crippen LogP contribution in [0.5, 0.6) is 0 Å². The average Bonchev–Trinajstić information content (AvgIpc) is 3.25. The predicted octanol–water partition coefficient (Wildman–Crippen LogP) is 5.39. The Balaban J connectivity index is 1.27. The molecule has 6 rings (SSSR count). The molecule has 1 amide bonds. The van der Waals surface area contributed by atoms with Crippen molar-refractivity contribution in [2.45, 2.75) is 64.3 Å². The highest BCUT2D eigenvalue weighted by Gasteiger charge is 2.28. The van der Waals surface area contributed by atoms with Crippen molar-refractivity contribution in [3.05, 3.63) is 71.3 Å². The van der Waals surface area contributed by atoms with E-state index in [0.717, 1.165) is 61.3 Å². The summed E-state index contributed by atoms with van der Waals surface area (Å²) in [5.41, 5.74) is 3.07. The number of fused-ring (bicyclic) bond motifs is 1. The van der Waals surface area contributed by atoms with Crippen molar-refractivity contribution in [2.75, 3.05) is 5.32 Å². The third-order valence-corrected chi connectivity index (χ3v) is 7.08. The van der Waals surface area contributed by atoms with Crippen LogP contribution in [-0.4, -0.2) is 35.2 Å². The first-order valence-corrected chi connectivity index (χ1v) is 12.6. The number of hydrogen-bond acceptors (Lipinski definition) is 5. The number of amides is 1. The lowest BCUT2D eigenvalue weighted by Crippen LogP contribution is -2.16. The molecule has 1 saturated carbocycles. The molecule has 4 aromatic rings. The topological polar surface area (TPSA) is 90.5 Å². The molecule has 36 heavy (non-hydrogen) atoms. The fraction of sp³-hybridized carbons (Fsp3) is 0.370. The predicted molar refractivity (Wildman–Crippen MR) is 134 cm³/mol. The monoisotopic (exact) mass is 485 g/mol. The zero-order valence-corrected chi connectivity index (χ0v) is 20.4. The zero-order valence-electron chi connectivity index (χ0n) is 20.4. The number of carbonyl (C=O) groups is 1. The van der Waals surface area contributed by atoms with E-state index in [1.54, 1.807) is 18.5 Å². The first-order valence-electron chi connectivity index (χ1n) is 12.6. The SMILES string of the molecule is CCC[C@H]1CCc2nnc(-c3cccc(NC(=O)c4cc(-n5cnc(C6CC6)c5)c(C)cc4F)n3)n21. The number of carbonyl (C=O) groups excluding carboxylic acids is 1. The molecule has 1 atom stereocenters. The quantitative estimate of drug-likeness (QED) is 0.379. The maximum Gasteiger partial charge on any atom is 0.259 e. The number of aromatic nitrogens is 6. The Morgan fingerprint density at radius 1 is 1.19 bits per heavy atom. The van der Waals surface area contributed by atoms with Crippen molar-refractivity contribution in [2.24, 2.45) is 0 Å². The van der Waals surface area contributed by atoms with Crippen molar-refractivity contribution in [3.63, 3.8) is 0 Å². The summed E-state index contributed by atoms with van der Waals surface area (Å²) in [6.07, 6.45) is 10.1. The van der Waals surface area contributed by atoms with E-state index in [0.29, 0.717) is 29.3 Å². The van der Waals surface area contributed by atoms with Gasteiger partial charge in [0.2, 0.25) is 0 Å². The summed E-state index contributed by atoms with van der Waals surface area (Å²) >= 11 is 0. The smallest absolute Gasteiger partial charge is 0.259 e. The van der Waals surface area contributed by atoms with Gasteiger partial charge < -0.3 is 14.5 Å². The van der Waals surface area contributed by atoms with Crippen molar-refractivity contribution < 1.29 is 9.18 Å². The van der Waals surface area contributed by atoms with Gasteiger partial charge in [-0.15, -0.1) is 10.2 Å². The van der Waals surface area contributed by atoms with Gasteiger partial charge in [0.15, 0.2) is 5.82 Å². The number of pyridine rings is 1. The number of nitrogens with zero attached hydrogens (tertiary/aromatic N) is 6. The van der Waals surface area contributed by atoms with Crippen LogP contribution in [0.1, 0.15) is 78.4 Å². The summed E-state index contributed by atoms with van der Waals surface area (Å²) < 4.78 is 18.9. The Morgan fingerprint density at radius 2 is 2.06 bits per heavy atom. The van der Waals surface area contributed by atoms with Crippen molar-refractivity contribution in [1.82, 2.24) is 29.3 Å². The molecule has 1 aliphatic carbocycles. The standard InChI is InChI=1S/C27H28FN7O/c1-3-5-18-10-11-25-32-33-26(35(18)25)21-6-4-7-24(30-21)31-27(36)19-13-23(16(2)12-20(19)28)34-14-22(29-15-34)17-8-9-17/h4,6-7,12-15,17-18H,3,5,8-11H2,1-2H3,(H,30,31,36)/t18-/m0/s1. The van der Waals surface area contributed by atoms with E-state index in [9.17, 15) is 9.18 Å². The Hall–Kier alpha value is -3.88. The maximum atomic E-state index is 14.9. The molecule has 2 aliphatic rings. The minimum Gasteiger partial charge on any atom is -0.307 e. The molecule has 4 heterocycles. The molecule has 1 aromatic carbocycles. The number of imidazole rings is 1. The van der Waals surface area contributed by atoms with Gasteiger partial charge in [0.05, 0.1) is 23.3 Å². The van der Waals surface area contributed by atoms with E-state index in [2.05, 4.69) is 37.0 Å². The summed E-state index contributed by atoms with van der Waals surface area (Å²) in [7, 11) is 0. The van der Waals surface area contributed by atoms with Gasteiger partial charge in [-0.2, -0.15) is 0 Å². The third-order valence-electron chi connectivity index (χ3n) is 7.08. The summed E-state index contributed by atoms with van der Waals surface area (Å²) in [6.45, 7) is 4.00. The molecule has 0 saturated heterocycles. The van der Waals surface area contributed by atoms with Crippen LogP contribution in [0.4, 0.5) is 10.2 Å². The van der Waals surface area contributed by atoms with E-state index >= 15 is 0 Å². The molecule has 8 nitrogen and oxygen atoms in total. The van der Waals surface area contributed by atoms with Crippen molar-refractivity contribution in [3.8, 4) is 17.2 Å². The van der Waals surface area contributed by atoms with Crippen molar-refractivity contribution >= 4 is 11.7 Å². The van der Waals surface area contributed by atoms with Crippen LogP contribution in [0.15, 0.2) is 42.9 Å². The molecule has 0 bridgehead atoms. The number of anilines is 1. The molecule has 9 heteroatoms. The van der Waals surface area contributed by atoms with Crippen LogP contribution in [0, 0.1) is 12.7 Å². The van der Waals surface area contributed by atoms with Gasteiger partial charge in [0.1, 0.15) is 23.2 Å². The summed E-state index contributed by atoms with van der Waals surface area (Å²) in [5, 5.41) is 11.5. The molecule has 1 fully saturated rings. The van der Waals surface area contributed by atoms with Crippen LogP contribution in [-0.2, 0) is 6.42 Å². The highest BCUT2D eigenvalue weighted by atomic mass is 19.1. The first kappa shape index (κ1) is 22.6. The van der Waals surface area contributed by atoms with Crippen LogP contribution in [0.2, 0.25) is 0 Å². The number of rotatable bonds is 7. The van der Waals surface area contributed by atoms with Gasteiger partial charge in [0, 0.05) is 24.6 Å². The fourth-order valence-electron chi connectivity index (χ4n) is 5.07. The minimum atomic E-state index is -0.579. The number of halogens is 1. The summed E-state index contributed by atoms with van der Waals surface area (Å²) in [6, 6.07) is 8.68. The second-order valence-corrected chi connectivity index (χ2v) is 9.75. The summed E-state index contributed by atoms with van der Waals surface area (Å²) in [5.74, 6) is 1.38. The molecule has 0 unspecified atom stereocenters. The Morgan fingerprint density at radius 3 is 2.86 bits per heavy atom. The highest BCUT2D eigenvalue weighted by Crippen LogP contribution is 2.39. The Kier molecular flexibility index (Phi) is 5.62. The largest absolute Gasteiger partial charge is 0.307 e. The molecule has 184 valence electrons. The van der Waals surface area contributed by atoms with Gasteiger partial charge in [-0.25, -0.2) is 14.4 Å². The highest BCUT2D eigenvalue weighted by molar-refractivity contribution is 6.04. The second-order valence-electron chi connectivity index (χ2n) is 9.75. The normalized spacial score (nSPS) is 16.8. The number of aryl methyl sites for hydroxylation is 2. The number of benzene rings is 1. The van der Waals surface area contributed by atoms with Crippen LogP contribution in [0.25, 0.3) is 17.2 Å². The van der Waals surface area contributed by atoms with E-state index in [4.69, 9.17) is 0 Å². The van der Waals surface area contributed by atoms with Crippen LogP contribution in [0.3, 0.4) is 0 Å². The zero-order chi connectivity index (χ0) is 24.8. The van der Waals surface area contributed by atoms with Gasteiger partial charge in [-0.3, -0.25) is 4.79 Å². The van der Waals surface area contributed by atoms with E-state index in [1.165, 1.54) is 6.07 Å². The van der Waals surface area contributed by atoms with E-state index in [-0.39, 0.29) is 5.56 Å². The average molecular weight is 486 g/mol. The lowest BCUT2D eigenvalue weighted by atomic mass is 10.1. The second kappa shape index (κ2) is 8.96. The van der Waals surface area contributed by atoms with E-state index in [1.807, 2.05) is 29.8 Å². The number of nitrogens with one attached hydrogen (secondary N) is 1. The molecule has 3 aromatic heterocycles. The lowest BCUT2D eigenvalue weighted by molar-refractivity contribution is 0.102. The number of hydrogen-bond donors (Lipinski definition) is 1. The van der Waals surface area contributed by atoms with Gasteiger partial charge >= 0.3 is 0 Å². The maximum absolute atomic E-state index is 14.9. The van der Waals surface area contributed by atoms with Gasteiger partial charge in [0.25, 0.3) is 5.91 Å². The first-order chi connectivity index (χ1) is 17.5. The lowest BCUT2D eigenvalue weighted by Gasteiger charge is -2.14. The minimum absolute atomic E-state index is 0.0455. The Bertz CT molecular complexity index is 1450. The van der Waals surface area contributed by atoms with Crippen LogP contribution >= 0.6 is 0 Å². The molecular formula is C27H28FN7O.